The number of benzene rings is 2. The zero-order valence-electron chi connectivity index (χ0n) is 18.5. The lowest BCUT2D eigenvalue weighted by molar-refractivity contribution is -0.114. The Balaban J connectivity index is 1.87. The number of primary sulfonamides is 1. The molecule has 2 aromatic rings. The molecule has 1 heterocycles. The maximum atomic E-state index is 13.0. The first-order chi connectivity index (χ1) is 15.1. The van der Waals surface area contributed by atoms with E-state index in [1.54, 1.807) is 13.0 Å². The number of nitrogens with zero attached hydrogens (tertiary/aromatic N) is 2. The van der Waals surface area contributed by atoms with Crippen molar-refractivity contribution in [2.45, 2.75) is 32.6 Å². The minimum atomic E-state index is -3.81. The Hall–Kier alpha value is -3.17. The first-order valence-electron chi connectivity index (χ1n) is 10.2. The van der Waals surface area contributed by atoms with Gasteiger partial charge in [0.25, 0.3) is 5.91 Å². The highest BCUT2D eigenvalue weighted by atomic mass is 32.2. The van der Waals surface area contributed by atoms with Gasteiger partial charge in [0.1, 0.15) is 0 Å². The Bertz CT molecular complexity index is 1170. The fourth-order valence-electron chi connectivity index (χ4n) is 3.06. The molecule has 170 valence electrons. The molecule has 0 saturated heterocycles. The summed E-state index contributed by atoms with van der Waals surface area (Å²) in [5, 5.41) is 10.7. The van der Waals surface area contributed by atoms with Crippen LogP contribution >= 0.6 is 0 Å². The smallest absolute Gasteiger partial charge is 0.280 e. The highest BCUT2D eigenvalue weighted by Gasteiger charge is 2.29. The first-order valence-corrected chi connectivity index (χ1v) is 11.8. The summed E-state index contributed by atoms with van der Waals surface area (Å²) in [5.74, 6) is 1.33. The van der Waals surface area contributed by atoms with E-state index in [2.05, 4.69) is 18.9 Å². The van der Waals surface area contributed by atoms with Crippen molar-refractivity contribution in [3.05, 3.63) is 53.6 Å². The number of anilines is 1. The highest BCUT2D eigenvalue weighted by molar-refractivity contribution is 7.89. The van der Waals surface area contributed by atoms with Crippen LogP contribution in [0.25, 0.3) is 6.08 Å². The minimum Gasteiger partial charge on any atom is -0.490 e. The van der Waals surface area contributed by atoms with Crippen molar-refractivity contribution in [3.63, 3.8) is 0 Å². The maximum Gasteiger partial charge on any atom is 0.280 e. The van der Waals surface area contributed by atoms with Crippen LogP contribution in [-0.4, -0.2) is 33.3 Å². The molecule has 9 heteroatoms. The van der Waals surface area contributed by atoms with Crippen LogP contribution in [0.4, 0.5) is 5.69 Å². The van der Waals surface area contributed by atoms with Crippen LogP contribution < -0.4 is 19.6 Å². The largest absolute Gasteiger partial charge is 0.490 e. The quantitative estimate of drug-likeness (QED) is 0.609. The van der Waals surface area contributed by atoms with Gasteiger partial charge < -0.3 is 9.47 Å². The first kappa shape index (κ1) is 23.5. The molecule has 0 saturated carbocycles. The number of carbonyl (C=O) groups is 1. The molecule has 0 aliphatic carbocycles. The van der Waals surface area contributed by atoms with Gasteiger partial charge in [0, 0.05) is 0 Å². The summed E-state index contributed by atoms with van der Waals surface area (Å²) >= 11 is 0. The molecular formula is C23H27N3O5S. The standard InChI is InChI=1S/C23H27N3O5S/c1-5-30-22-13-17(6-11-21(22)31-14-15(2)3)12-20-16(4)25-26(23(20)27)18-7-9-19(10-8-18)32(24,28)29/h6-13,15H,5,14H2,1-4H3,(H2,24,28,29)/b20-12-. The van der Waals surface area contributed by atoms with Gasteiger partial charge in [-0.05, 0) is 67.8 Å². The van der Waals surface area contributed by atoms with Gasteiger partial charge >= 0.3 is 0 Å². The molecule has 1 aliphatic rings. The van der Waals surface area contributed by atoms with Crippen molar-refractivity contribution >= 4 is 33.4 Å². The van der Waals surface area contributed by atoms with E-state index in [1.165, 1.54) is 29.3 Å². The molecular weight excluding hydrogens is 430 g/mol. The van der Waals surface area contributed by atoms with Crippen LogP contribution in [-0.2, 0) is 14.8 Å². The predicted octanol–water partition coefficient (Wildman–Crippen LogP) is 3.57. The third-order valence-corrected chi connectivity index (χ3v) is 5.55. The summed E-state index contributed by atoms with van der Waals surface area (Å²) in [6, 6.07) is 11.2. The van der Waals surface area contributed by atoms with Gasteiger partial charge in [-0.2, -0.15) is 10.1 Å². The second-order valence-electron chi connectivity index (χ2n) is 7.74. The average molecular weight is 458 g/mol. The van der Waals surface area contributed by atoms with E-state index in [0.717, 1.165) is 5.56 Å². The molecule has 8 nitrogen and oxygen atoms in total. The molecule has 0 aromatic heterocycles. The van der Waals surface area contributed by atoms with Crippen molar-refractivity contribution < 1.29 is 22.7 Å². The molecule has 2 aromatic carbocycles. The van der Waals surface area contributed by atoms with Crippen molar-refractivity contribution in [1.29, 1.82) is 0 Å². The van der Waals surface area contributed by atoms with E-state index in [1.807, 2.05) is 25.1 Å². The molecule has 0 atom stereocenters. The van der Waals surface area contributed by atoms with Crippen molar-refractivity contribution in [1.82, 2.24) is 0 Å². The molecule has 1 amide bonds. The normalized spacial score (nSPS) is 15.4. The van der Waals surface area contributed by atoms with Gasteiger partial charge in [-0.1, -0.05) is 19.9 Å². The van der Waals surface area contributed by atoms with Gasteiger partial charge in [-0.25, -0.2) is 13.6 Å². The fraction of sp³-hybridized carbons (Fsp3) is 0.304. The second kappa shape index (κ2) is 9.54. The van der Waals surface area contributed by atoms with Gasteiger partial charge in [0.2, 0.25) is 10.0 Å². The third kappa shape index (κ3) is 5.35. The zero-order valence-corrected chi connectivity index (χ0v) is 19.3. The molecule has 1 aliphatic heterocycles. The molecule has 2 N–H and O–H groups in total. The maximum absolute atomic E-state index is 13.0. The van der Waals surface area contributed by atoms with Crippen LogP contribution in [0.15, 0.2) is 58.0 Å². The predicted molar refractivity (Wildman–Crippen MR) is 124 cm³/mol. The Labute approximate surface area is 188 Å². The van der Waals surface area contributed by atoms with E-state index in [4.69, 9.17) is 14.6 Å². The van der Waals surface area contributed by atoms with Crippen LogP contribution in [0.5, 0.6) is 11.5 Å². The molecule has 0 unspecified atom stereocenters. The van der Waals surface area contributed by atoms with Gasteiger partial charge in [0.15, 0.2) is 11.5 Å². The number of rotatable bonds is 8. The summed E-state index contributed by atoms with van der Waals surface area (Å²) in [4.78, 5) is 13.0. The number of hydrogen-bond acceptors (Lipinski definition) is 6. The molecule has 3 rings (SSSR count). The number of hydrogen-bond donors (Lipinski definition) is 1. The number of hydrazone groups is 1. The molecule has 0 bridgehead atoms. The van der Waals surface area contributed by atoms with Crippen molar-refractivity contribution in [3.8, 4) is 11.5 Å². The molecule has 0 spiro atoms. The van der Waals surface area contributed by atoms with Crippen LogP contribution in [0.2, 0.25) is 0 Å². The van der Waals surface area contributed by atoms with Crippen molar-refractivity contribution in [2.75, 3.05) is 18.2 Å². The monoisotopic (exact) mass is 457 g/mol. The van der Waals surface area contributed by atoms with Crippen LogP contribution in [0.3, 0.4) is 0 Å². The number of carbonyl (C=O) groups excluding carboxylic acids is 1. The zero-order chi connectivity index (χ0) is 23.5. The van der Waals surface area contributed by atoms with Gasteiger partial charge in [-0.15, -0.1) is 0 Å². The van der Waals surface area contributed by atoms with Crippen molar-refractivity contribution in [2.24, 2.45) is 16.2 Å². The van der Waals surface area contributed by atoms with Crippen LogP contribution in [0, 0.1) is 5.92 Å². The Morgan fingerprint density at radius 2 is 1.78 bits per heavy atom. The highest BCUT2D eigenvalue weighted by Crippen LogP contribution is 2.31. The Morgan fingerprint density at radius 1 is 1.09 bits per heavy atom. The second-order valence-corrected chi connectivity index (χ2v) is 9.30. The van der Waals surface area contributed by atoms with E-state index >= 15 is 0 Å². The summed E-state index contributed by atoms with van der Waals surface area (Å²) in [6.45, 7) is 8.84. The van der Waals surface area contributed by atoms with E-state index < -0.39 is 10.0 Å². The summed E-state index contributed by atoms with van der Waals surface area (Å²) in [5.41, 5.74) is 2.19. The van der Waals surface area contributed by atoms with Gasteiger partial charge in [-0.3, -0.25) is 4.79 Å². The molecule has 0 fully saturated rings. The van der Waals surface area contributed by atoms with E-state index in [0.29, 0.717) is 47.6 Å². The SMILES string of the molecule is CCOc1cc(/C=C2\C(=O)N(c3ccc(S(N)(=O)=O)cc3)N=C2C)ccc1OCC(C)C. The minimum absolute atomic E-state index is 0.0346. The molecule has 0 radical (unpaired) electrons. The van der Waals surface area contributed by atoms with E-state index in [9.17, 15) is 13.2 Å². The third-order valence-electron chi connectivity index (χ3n) is 4.62. The summed E-state index contributed by atoms with van der Waals surface area (Å²) in [6.07, 6.45) is 1.74. The van der Waals surface area contributed by atoms with Crippen LogP contribution in [0.1, 0.15) is 33.3 Å². The Kier molecular flexibility index (Phi) is 7.00. The van der Waals surface area contributed by atoms with Gasteiger partial charge in [0.05, 0.1) is 35.1 Å². The lowest BCUT2D eigenvalue weighted by Crippen LogP contribution is -2.21. The molecule has 32 heavy (non-hydrogen) atoms. The number of nitrogens with two attached hydrogens (primary N) is 1. The number of sulfonamides is 1. The Morgan fingerprint density at radius 3 is 2.38 bits per heavy atom. The lowest BCUT2D eigenvalue weighted by Gasteiger charge is -2.14. The number of amides is 1. The fourth-order valence-corrected chi connectivity index (χ4v) is 3.58. The summed E-state index contributed by atoms with van der Waals surface area (Å²) in [7, 11) is -3.81. The lowest BCUT2D eigenvalue weighted by atomic mass is 10.1. The summed E-state index contributed by atoms with van der Waals surface area (Å²) < 4.78 is 34.4. The topological polar surface area (TPSA) is 111 Å². The van der Waals surface area contributed by atoms with E-state index in [-0.39, 0.29) is 10.8 Å². The average Bonchev–Trinajstić information content (AvgIpc) is 3.01. The number of ether oxygens (including phenoxy) is 2.